The van der Waals surface area contributed by atoms with Gasteiger partial charge < -0.3 is 15.8 Å². The van der Waals surface area contributed by atoms with Gasteiger partial charge in [-0.25, -0.2) is 0 Å². The SMILES string of the molecule is Cc1cccc(CN(C)c2ccnc(C(N)=NO)c2)c1. The molecule has 5 heteroatoms. The first-order chi connectivity index (χ1) is 9.60. The Kier molecular flexibility index (Phi) is 4.20. The van der Waals surface area contributed by atoms with Gasteiger partial charge in [0.25, 0.3) is 0 Å². The Morgan fingerprint density at radius 2 is 2.15 bits per heavy atom. The molecule has 0 aliphatic carbocycles. The van der Waals surface area contributed by atoms with E-state index in [1.54, 1.807) is 12.3 Å². The largest absolute Gasteiger partial charge is 0.409 e. The maximum absolute atomic E-state index is 8.69. The predicted molar refractivity (Wildman–Crippen MR) is 80.0 cm³/mol. The molecule has 0 saturated heterocycles. The van der Waals surface area contributed by atoms with E-state index in [9.17, 15) is 0 Å². The fourth-order valence-electron chi connectivity index (χ4n) is 2.02. The summed E-state index contributed by atoms with van der Waals surface area (Å²) in [5.41, 5.74) is 9.45. The van der Waals surface area contributed by atoms with Crippen LogP contribution in [0.4, 0.5) is 5.69 Å². The first-order valence-electron chi connectivity index (χ1n) is 6.31. The van der Waals surface area contributed by atoms with E-state index in [4.69, 9.17) is 10.9 Å². The highest BCUT2D eigenvalue weighted by Crippen LogP contribution is 2.16. The second kappa shape index (κ2) is 6.06. The molecule has 0 unspecified atom stereocenters. The molecule has 2 aromatic rings. The molecule has 3 N–H and O–H groups in total. The molecule has 0 bridgehead atoms. The minimum absolute atomic E-state index is 0.0100. The number of hydrogen-bond acceptors (Lipinski definition) is 4. The molecule has 0 spiro atoms. The molecule has 2 rings (SSSR count). The van der Waals surface area contributed by atoms with Gasteiger partial charge in [0.15, 0.2) is 5.84 Å². The van der Waals surface area contributed by atoms with Gasteiger partial charge in [-0.2, -0.15) is 0 Å². The fourth-order valence-corrected chi connectivity index (χ4v) is 2.02. The minimum Gasteiger partial charge on any atom is -0.409 e. The molecule has 0 fully saturated rings. The molecule has 0 atom stereocenters. The number of anilines is 1. The molecule has 20 heavy (non-hydrogen) atoms. The summed E-state index contributed by atoms with van der Waals surface area (Å²) in [6.07, 6.45) is 1.65. The van der Waals surface area contributed by atoms with Crippen LogP contribution in [0.2, 0.25) is 0 Å². The molecule has 1 aromatic heterocycles. The van der Waals surface area contributed by atoms with E-state index in [0.29, 0.717) is 5.69 Å². The van der Waals surface area contributed by atoms with Crippen molar-refractivity contribution in [1.29, 1.82) is 0 Å². The number of nitrogens with zero attached hydrogens (tertiary/aromatic N) is 3. The van der Waals surface area contributed by atoms with E-state index in [0.717, 1.165) is 12.2 Å². The molecular weight excluding hydrogens is 252 g/mol. The third-order valence-corrected chi connectivity index (χ3v) is 3.06. The number of amidine groups is 1. The number of rotatable bonds is 4. The Bertz CT molecular complexity index is 625. The van der Waals surface area contributed by atoms with Crippen LogP contribution in [0, 0.1) is 6.92 Å². The van der Waals surface area contributed by atoms with E-state index in [1.165, 1.54) is 11.1 Å². The van der Waals surface area contributed by atoms with Gasteiger partial charge in [-0.15, -0.1) is 0 Å². The van der Waals surface area contributed by atoms with Crippen molar-refractivity contribution in [2.24, 2.45) is 10.9 Å². The normalized spacial score (nSPS) is 11.4. The number of oxime groups is 1. The van der Waals surface area contributed by atoms with Gasteiger partial charge in [0.05, 0.1) is 0 Å². The van der Waals surface area contributed by atoms with Gasteiger partial charge in [0.2, 0.25) is 0 Å². The second-order valence-electron chi connectivity index (χ2n) is 4.73. The zero-order valence-corrected chi connectivity index (χ0v) is 11.6. The average Bonchev–Trinajstić information content (AvgIpc) is 2.46. The van der Waals surface area contributed by atoms with Crippen molar-refractivity contribution in [1.82, 2.24) is 4.98 Å². The van der Waals surface area contributed by atoms with Crippen molar-refractivity contribution in [2.45, 2.75) is 13.5 Å². The van der Waals surface area contributed by atoms with Crippen molar-refractivity contribution in [2.75, 3.05) is 11.9 Å². The average molecular weight is 270 g/mol. The van der Waals surface area contributed by atoms with E-state index in [-0.39, 0.29) is 5.84 Å². The summed E-state index contributed by atoms with van der Waals surface area (Å²) in [5, 5.41) is 11.7. The van der Waals surface area contributed by atoms with Crippen LogP contribution in [0.15, 0.2) is 47.8 Å². The number of hydrogen-bond donors (Lipinski definition) is 2. The summed E-state index contributed by atoms with van der Waals surface area (Å²) >= 11 is 0. The van der Waals surface area contributed by atoms with Gasteiger partial charge in [-0.05, 0) is 24.6 Å². The first kappa shape index (κ1) is 13.9. The van der Waals surface area contributed by atoms with E-state index >= 15 is 0 Å². The number of aromatic nitrogens is 1. The highest BCUT2D eigenvalue weighted by atomic mass is 16.4. The minimum atomic E-state index is 0.0100. The molecule has 0 saturated carbocycles. The Hall–Kier alpha value is -2.56. The summed E-state index contributed by atoms with van der Waals surface area (Å²) in [7, 11) is 1.99. The molecular formula is C15H18N4O. The first-order valence-corrected chi connectivity index (χ1v) is 6.31. The lowest BCUT2D eigenvalue weighted by molar-refractivity contribution is 0.318. The standard InChI is InChI=1S/C15H18N4O/c1-11-4-3-5-12(8-11)10-19(2)13-6-7-17-14(9-13)15(16)18-20/h3-9,20H,10H2,1-2H3,(H2,16,18). The zero-order chi connectivity index (χ0) is 14.5. The highest BCUT2D eigenvalue weighted by molar-refractivity contribution is 5.95. The third kappa shape index (κ3) is 3.26. The van der Waals surface area contributed by atoms with E-state index in [1.807, 2.05) is 19.2 Å². The van der Waals surface area contributed by atoms with Gasteiger partial charge in [-0.1, -0.05) is 35.0 Å². The predicted octanol–water partition coefficient (Wildman–Crippen LogP) is 2.12. The van der Waals surface area contributed by atoms with Gasteiger partial charge in [0, 0.05) is 25.5 Å². The van der Waals surface area contributed by atoms with Crippen molar-refractivity contribution in [3.05, 3.63) is 59.4 Å². The van der Waals surface area contributed by atoms with Crippen LogP contribution in [-0.4, -0.2) is 23.1 Å². The number of benzene rings is 1. The van der Waals surface area contributed by atoms with Crippen LogP contribution in [0.1, 0.15) is 16.8 Å². The second-order valence-corrected chi connectivity index (χ2v) is 4.73. The maximum Gasteiger partial charge on any atom is 0.188 e. The molecule has 1 aromatic carbocycles. The van der Waals surface area contributed by atoms with Crippen LogP contribution >= 0.6 is 0 Å². The number of pyridine rings is 1. The Morgan fingerprint density at radius 1 is 1.35 bits per heavy atom. The van der Waals surface area contributed by atoms with Crippen molar-refractivity contribution in [3.63, 3.8) is 0 Å². The topological polar surface area (TPSA) is 74.7 Å². The Balaban J connectivity index is 2.19. The van der Waals surface area contributed by atoms with Crippen LogP contribution < -0.4 is 10.6 Å². The smallest absolute Gasteiger partial charge is 0.188 e. The lowest BCUT2D eigenvalue weighted by Crippen LogP contribution is -2.19. The number of aryl methyl sites for hydroxylation is 1. The van der Waals surface area contributed by atoms with E-state index < -0.39 is 0 Å². The quantitative estimate of drug-likeness (QED) is 0.386. The molecule has 5 nitrogen and oxygen atoms in total. The summed E-state index contributed by atoms with van der Waals surface area (Å²) in [6, 6.07) is 12.1. The molecule has 0 radical (unpaired) electrons. The lowest BCUT2D eigenvalue weighted by Gasteiger charge is -2.20. The van der Waals surface area contributed by atoms with Crippen LogP contribution in [0.3, 0.4) is 0 Å². The monoisotopic (exact) mass is 270 g/mol. The molecule has 0 amide bonds. The fraction of sp³-hybridized carbons (Fsp3) is 0.200. The maximum atomic E-state index is 8.69. The Labute approximate surface area is 118 Å². The summed E-state index contributed by atoms with van der Waals surface area (Å²) < 4.78 is 0. The van der Waals surface area contributed by atoms with Crippen molar-refractivity contribution in [3.8, 4) is 0 Å². The summed E-state index contributed by atoms with van der Waals surface area (Å²) in [5.74, 6) is 0.0100. The molecule has 0 aliphatic rings. The molecule has 1 heterocycles. The lowest BCUT2D eigenvalue weighted by atomic mass is 10.1. The van der Waals surface area contributed by atoms with Crippen LogP contribution in [0.25, 0.3) is 0 Å². The van der Waals surface area contributed by atoms with Gasteiger partial charge in [0.1, 0.15) is 5.69 Å². The van der Waals surface area contributed by atoms with Crippen molar-refractivity contribution >= 4 is 11.5 Å². The van der Waals surface area contributed by atoms with Gasteiger partial charge in [-0.3, -0.25) is 4.98 Å². The summed E-state index contributed by atoms with van der Waals surface area (Å²) in [6.45, 7) is 2.85. The van der Waals surface area contributed by atoms with Crippen LogP contribution in [0.5, 0.6) is 0 Å². The Morgan fingerprint density at radius 3 is 2.85 bits per heavy atom. The molecule has 0 aliphatic heterocycles. The third-order valence-electron chi connectivity index (χ3n) is 3.06. The van der Waals surface area contributed by atoms with E-state index in [2.05, 4.69) is 40.2 Å². The summed E-state index contributed by atoms with van der Waals surface area (Å²) in [4.78, 5) is 6.16. The zero-order valence-electron chi connectivity index (χ0n) is 11.6. The number of nitrogens with two attached hydrogens (primary N) is 1. The van der Waals surface area contributed by atoms with Crippen LogP contribution in [-0.2, 0) is 6.54 Å². The molecule has 104 valence electrons. The van der Waals surface area contributed by atoms with Crippen molar-refractivity contribution < 1.29 is 5.21 Å². The van der Waals surface area contributed by atoms with Gasteiger partial charge >= 0.3 is 0 Å². The highest BCUT2D eigenvalue weighted by Gasteiger charge is 2.06.